The molecule has 0 amide bonds. The highest BCUT2D eigenvalue weighted by Crippen LogP contribution is 2.23. The van der Waals surface area contributed by atoms with Gasteiger partial charge in [0, 0.05) is 22.2 Å². The van der Waals surface area contributed by atoms with E-state index in [1.165, 1.54) is 0 Å². The molecule has 2 rings (SSSR count). The van der Waals surface area contributed by atoms with E-state index in [2.05, 4.69) is 26.2 Å². The fourth-order valence-electron chi connectivity index (χ4n) is 2.13. The summed E-state index contributed by atoms with van der Waals surface area (Å²) in [6.45, 7) is 12.4. The van der Waals surface area contributed by atoms with Gasteiger partial charge in [0.15, 0.2) is 5.78 Å². The number of benzene rings is 2. The van der Waals surface area contributed by atoms with Gasteiger partial charge >= 0.3 is 0 Å². The van der Waals surface area contributed by atoms with Crippen LogP contribution in [0.5, 0.6) is 0 Å². The van der Waals surface area contributed by atoms with Gasteiger partial charge in [0.1, 0.15) is 0 Å². The van der Waals surface area contributed by atoms with Crippen molar-refractivity contribution in [2.45, 2.75) is 52.5 Å². The Bertz CT molecular complexity index is 793. The molecule has 0 saturated heterocycles. The molecule has 0 saturated carbocycles. The normalized spacial score (nSPS) is 10.6. The first kappa shape index (κ1) is 29.8. The molecule has 0 bridgehead atoms. The lowest BCUT2D eigenvalue weighted by atomic mass is 9.86. The van der Waals surface area contributed by atoms with E-state index in [0.29, 0.717) is 11.1 Å². The lowest BCUT2D eigenvalue weighted by Gasteiger charge is -2.19. The van der Waals surface area contributed by atoms with Crippen molar-refractivity contribution in [2.75, 3.05) is 0 Å². The zero-order chi connectivity index (χ0) is 20.8. The minimum absolute atomic E-state index is 0. The molecule has 4 nitrogen and oxygen atoms in total. The summed E-state index contributed by atoms with van der Waals surface area (Å²) in [6.07, 6.45) is 0. The minimum atomic E-state index is -0.620. The summed E-state index contributed by atoms with van der Waals surface area (Å²) in [5, 5.41) is -0.620. The molecule has 0 unspecified atom stereocenters. The maximum atomic E-state index is 12.5. The van der Waals surface area contributed by atoms with Gasteiger partial charge in [-0.25, -0.2) is 0 Å². The van der Waals surface area contributed by atoms with E-state index in [9.17, 15) is 9.59 Å². The number of carbonyl (C=O) groups excluding carboxylic acids is 2. The largest absolute Gasteiger partial charge is 0.289 e. The van der Waals surface area contributed by atoms with Crippen LogP contribution in [-0.2, 0) is 5.41 Å². The first-order valence-electron chi connectivity index (χ1n) is 8.78. The van der Waals surface area contributed by atoms with E-state index in [1.54, 1.807) is 36.4 Å². The minimum Gasteiger partial charge on any atom is -0.289 e. The third kappa shape index (κ3) is 9.75. The predicted octanol–water partition coefficient (Wildman–Crippen LogP) is 5.69. The molecule has 0 aliphatic carbocycles. The van der Waals surface area contributed by atoms with Crippen molar-refractivity contribution in [1.29, 1.82) is 0 Å². The average molecular weight is 462 g/mol. The fourth-order valence-corrected chi connectivity index (χ4v) is 2.29. The predicted molar refractivity (Wildman–Crippen MR) is 127 cm³/mol. The van der Waals surface area contributed by atoms with Gasteiger partial charge in [-0.15, -0.1) is 24.8 Å². The molecule has 0 radical (unpaired) electrons. The van der Waals surface area contributed by atoms with Crippen LogP contribution in [0.25, 0.3) is 0 Å². The average Bonchev–Trinajstić information content (AvgIpc) is 2.60. The number of rotatable bonds is 3. The number of carbonyl (C=O) groups is 2. The SMILES string of the molecule is CC(C)(C)NN.CC(C)(C)c1ccc(C(=O)c2ccccc2C(=O)Cl)cc1.Cl.Cl. The van der Waals surface area contributed by atoms with Crippen LogP contribution in [0.2, 0.25) is 0 Å². The van der Waals surface area contributed by atoms with Gasteiger partial charge in [-0.3, -0.25) is 20.9 Å². The Labute approximate surface area is 191 Å². The van der Waals surface area contributed by atoms with Crippen LogP contribution in [0.15, 0.2) is 48.5 Å². The molecule has 0 aliphatic rings. The summed E-state index contributed by atoms with van der Waals surface area (Å²) in [5.41, 5.74) is 4.98. The summed E-state index contributed by atoms with van der Waals surface area (Å²) in [7, 11) is 0. The highest BCUT2D eigenvalue weighted by atomic mass is 35.5. The Morgan fingerprint density at radius 2 is 1.24 bits per heavy atom. The van der Waals surface area contributed by atoms with Gasteiger partial charge in [0.25, 0.3) is 5.24 Å². The van der Waals surface area contributed by atoms with Crippen molar-refractivity contribution in [2.24, 2.45) is 5.84 Å². The van der Waals surface area contributed by atoms with Crippen LogP contribution in [0.3, 0.4) is 0 Å². The van der Waals surface area contributed by atoms with Gasteiger partial charge in [-0.05, 0) is 49.4 Å². The smallest absolute Gasteiger partial charge is 0.253 e. The van der Waals surface area contributed by atoms with Crippen LogP contribution >= 0.6 is 36.4 Å². The Morgan fingerprint density at radius 3 is 1.59 bits per heavy atom. The molecular formula is C22H31Cl3N2O2. The highest BCUT2D eigenvalue weighted by Gasteiger charge is 2.18. The van der Waals surface area contributed by atoms with Crippen LogP contribution in [0, 0.1) is 0 Å². The van der Waals surface area contributed by atoms with Crippen LogP contribution in [-0.4, -0.2) is 16.6 Å². The van der Waals surface area contributed by atoms with Crippen LogP contribution < -0.4 is 11.3 Å². The lowest BCUT2D eigenvalue weighted by Crippen LogP contribution is -2.41. The van der Waals surface area contributed by atoms with Crippen molar-refractivity contribution >= 4 is 47.4 Å². The van der Waals surface area contributed by atoms with Crippen molar-refractivity contribution in [3.05, 3.63) is 70.8 Å². The monoisotopic (exact) mass is 460 g/mol. The van der Waals surface area contributed by atoms with Crippen molar-refractivity contribution in [1.82, 2.24) is 5.43 Å². The third-order valence-electron chi connectivity index (χ3n) is 3.83. The molecule has 7 heteroatoms. The molecule has 0 atom stereocenters. The maximum absolute atomic E-state index is 12.5. The zero-order valence-electron chi connectivity index (χ0n) is 17.7. The Hall–Kier alpha value is -1.43. The highest BCUT2D eigenvalue weighted by molar-refractivity contribution is 6.68. The molecule has 29 heavy (non-hydrogen) atoms. The van der Waals surface area contributed by atoms with Gasteiger partial charge in [0.05, 0.1) is 0 Å². The zero-order valence-corrected chi connectivity index (χ0v) is 20.1. The van der Waals surface area contributed by atoms with E-state index in [-0.39, 0.29) is 47.1 Å². The van der Waals surface area contributed by atoms with E-state index in [4.69, 9.17) is 17.4 Å². The van der Waals surface area contributed by atoms with Crippen LogP contribution in [0.1, 0.15) is 73.4 Å². The molecule has 162 valence electrons. The molecular weight excluding hydrogens is 431 g/mol. The number of hydrogen-bond acceptors (Lipinski definition) is 4. The summed E-state index contributed by atoms with van der Waals surface area (Å²) >= 11 is 5.53. The molecule has 0 fully saturated rings. The molecule has 3 N–H and O–H groups in total. The second-order valence-electron chi connectivity index (χ2n) is 8.37. The Morgan fingerprint density at radius 1 is 0.828 bits per heavy atom. The van der Waals surface area contributed by atoms with Crippen molar-refractivity contribution < 1.29 is 9.59 Å². The topological polar surface area (TPSA) is 72.2 Å². The number of ketones is 1. The fraction of sp³-hybridized carbons (Fsp3) is 0.364. The number of nitrogens with two attached hydrogens (primary N) is 1. The van der Waals surface area contributed by atoms with Crippen molar-refractivity contribution in [3.63, 3.8) is 0 Å². The van der Waals surface area contributed by atoms with E-state index in [1.807, 2.05) is 32.9 Å². The molecule has 2 aromatic carbocycles. The van der Waals surface area contributed by atoms with Gasteiger partial charge < -0.3 is 0 Å². The number of nitrogens with one attached hydrogen (secondary N) is 1. The first-order chi connectivity index (χ1) is 12.4. The second-order valence-corrected chi connectivity index (χ2v) is 8.71. The summed E-state index contributed by atoms with van der Waals surface area (Å²) in [5.74, 6) is 4.86. The third-order valence-corrected chi connectivity index (χ3v) is 4.03. The van der Waals surface area contributed by atoms with Gasteiger partial charge in [-0.1, -0.05) is 63.2 Å². The Kier molecular flexibility index (Phi) is 12.6. The summed E-state index contributed by atoms with van der Waals surface area (Å²) < 4.78 is 0. The number of halogens is 3. The number of hydrazine groups is 1. The van der Waals surface area contributed by atoms with Crippen LogP contribution in [0.4, 0.5) is 0 Å². The number of hydrogen-bond donors (Lipinski definition) is 2. The van der Waals surface area contributed by atoms with E-state index >= 15 is 0 Å². The van der Waals surface area contributed by atoms with E-state index < -0.39 is 5.24 Å². The molecule has 2 aromatic rings. The standard InChI is InChI=1S/C18H17ClO2.C4H12N2.2ClH/c1-18(2,3)13-10-8-12(9-11-13)16(20)14-6-4-5-7-15(14)17(19)21;1-4(2,3)6-5;;/h4-11H,1-3H3;6H,5H2,1-3H3;2*1H. The maximum Gasteiger partial charge on any atom is 0.253 e. The van der Waals surface area contributed by atoms with Gasteiger partial charge in [-0.2, -0.15) is 0 Å². The quantitative estimate of drug-likeness (QED) is 0.267. The first-order valence-corrected chi connectivity index (χ1v) is 9.16. The molecule has 0 aliphatic heterocycles. The summed E-state index contributed by atoms with van der Waals surface area (Å²) in [6, 6.07) is 14.1. The van der Waals surface area contributed by atoms with E-state index in [0.717, 1.165) is 5.56 Å². The summed E-state index contributed by atoms with van der Waals surface area (Å²) in [4.78, 5) is 23.9. The Balaban J connectivity index is 0. The lowest BCUT2D eigenvalue weighted by molar-refractivity contribution is 0.102. The van der Waals surface area contributed by atoms with Crippen molar-refractivity contribution in [3.8, 4) is 0 Å². The molecule has 0 heterocycles. The van der Waals surface area contributed by atoms with Gasteiger partial charge in [0.2, 0.25) is 0 Å². The molecule has 0 aromatic heterocycles. The molecule has 0 spiro atoms. The second kappa shape index (κ2) is 12.3.